The minimum atomic E-state index is -0.348. The fraction of sp³-hybridized carbons (Fsp3) is 0.364. The molecule has 1 heterocycles. The third kappa shape index (κ3) is 6.39. The Morgan fingerprint density at radius 1 is 0.949 bits per heavy atom. The Bertz CT molecular complexity index is 1420. The molecule has 0 aliphatic heterocycles. The number of imidazole rings is 1. The molecule has 1 aliphatic rings. The van der Waals surface area contributed by atoms with Crippen LogP contribution >= 0.6 is 0 Å². The van der Waals surface area contributed by atoms with Crippen molar-refractivity contribution in [3.8, 4) is 0 Å². The number of carbonyl (C=O) groups is 2. The maximum atomic E-state index is 14.0. The van der Waals surface area contributed by atoms with Crippen molar-refractivity contribution >= 4 is 22.8 Å². The van der Waals surface area contributed by atoms with Crippen LogP contribution in [0, 0.1) is 6.92 Å². The van der Waals surface area contributed by atoms with Gasteiger partial charge in [0.2, 0.25) is 11.8 Å². The van der Waals surface area contributed by atoms with Crippen molar-refractivity contribution in [2.75, 3.05) is 0 Å². The molecule has 6 nitrogen and oxygen atoms in total. The highest BCUT2D eigenvalue weighted by Crippen LogP contribution is 2.26. The number of benzene rings is 3. The lowest BCUT2D eigenvalue weighted by Crippen LogP contribution is -2.43. The predicted octanol–water partition coefficient (Wildman–Crippen LogP) is 6.13. The van der Waals surface area contributed by atoms with Crippen LogP contribution < -0.4 is 5.32 Å². The molecule has 0 bridgehead atoms. The minimum absolute atomic E-state index is 0.0605. The van der Waals surface area contributed by atoms with E-state index in [1.54, 1.807) is 0 Å². The number of aromatic nitrogens is 2. The largest absolute Gasteiger partial charge is 0.346 e. The van der Waals surface area contributed by atoms with E-state index in [4.69, 9.17) is 4.98 Å². The van der Waals surface area contributed by atoms with Crippen LogP contribution in [0.5, 0.6) is 0 Å². The normalized spacial score (nSPS) is 14.7. The van der Waals surface area contributed by atoms with E-state index in [1.165, 1.54) is 6.42 Å². The third-order valence-electron chi connectivity index (χ3n) is 7.89. The van der Waals surface area contributed by atoms with Gasteiger partial charge in [-0.25, -0.2) is 4.98 Å². The topological polar surface area (TPSA) is 67.2 Å². The zero-order chi connectivity index (χ0) is 27.2. The highest BCUT2D eigenvalue weighted by molar-refractivity contribution is 5.82. The summed E-state index contributed by atoms with van der Waals surface area (Å²) in [6.45, 7) is 4.76. The molecule has 0 spiro atoms. The Kier molecular flexibility index (Phi) is 8.40. The molecule has 0 saturated heterocycles. The number of nitrogens with one attached hydrogen (secondary N) is 1. The number of rotatable bonds is 9. The Balaban J connectivity index is 1.39. The summed E-state index contributed by atoms with van der Waals surface area (Å²) in [5.41, 5.74) is 4.98. The molecule has 6 heteroatoms. The molecule has 3 aromatic carbocycles. The fourth-order valence-electron chi connectivity index (χ4n) is 5.75. The number of para-hydroxylation sites is 2. The maximum Gasteiger partial charge on any atom is 0.243 e. The van der Waals surface area contributed by atoms with Gasteiger partial charge in [-0.15, -0.1) is 0 Å². The molecule has 39 heavy (non-hydrogen) atoms. The Morgan fingerprint density at radius 3 is 2.41 bits per heavy atom. The molecule has 0 radical (unpaired) electrons. The smallest absolute Gasteiger partial charge is 0.243 e. The van der Waals surface area contributed by atoms with Crippen molar-refractivity contribution in [3.05, 3.63) is 101 Å². The summed E-state index contributed by atoms with van der Waals surface area (Å²) in [5.74, 6) is 0.731. The van der Waals surface area contributed by atoms with Crippen molar-refractivity contribution in [2.24, 2.45) is 0 Å². The average Bonchev–Trinajstić information content (AvgIpc) is 3.32. The number of amides is 2. The number of hydrogen-bond donors (Lipinski definition) is 1. The van der Waals surface area contributed by atoms with Crippen LogP contribution in [0.4, 0.5) is 0 Å². The first-order chi connectivity index (χ1) is 19.0. The van der Waals surface area contributed by atoms with E-state index in [-0.39, 0.29) is 30.4 Å². The van der Waals surface area contributed by atoms with Gasteiger partial charge in [0.25, 0.3) is 0 Å². The Morgan fingerprint density at radius 2 is 1.64 bits per heavy atom. The predicted molar refractivity (Wildman–Crippen MR) is 155 cm³/mol. The molecule has 1 aromatic heterocycles. The molecule has 1 N–H and O–H groups in total. The van der Waals surface area contributed by atoms with Crippen molar-refractivity contribution in [1.29, 1.82) is 0 Å². The number of carbonyl (C=O) groups excluding carboxylic acids is 2. The monoisotopic (exact) mass is 522 g/mol. The second kappa shape index (κ2) is 12.3. The molecular weight excluding hydrogens is 484 g/mol. The summed E-state index contributed by atoms with van der Waals surface area (Å²) in [4.78, 5) is 34.0. The van der Waals surface area contributed by atoms with Crippen molar-refractivity contribution in [3.63, 3.8) is 0 Å². The van der Waals surface area contributed by atoms with Gasteiger partial charge in [0, 0.05) is 12.6 Å². The van der Waals surface area contributed by atoms with E-state index in [0.29, 0.717) is 18.8 Å². The first-order valence-electron chi connectivity index (χ1n) is 14.1. The highest BCUT2D eigenvalue weighted by Gasteiger charge is 2.28. The van der Waals surface area contributed by atoms with E-state index in [9.17, 15) is 9.59 Å². The Hall–Kier alpha value is -3.93. The van der Waals surface area contributed by atoms with Crippen LogP contribution in [0.1, 0.15) is 67.6 Å². The first-order valence-corrected chi connectivity index (χ1v) is 14.1. The highest BCUT2D eigenvalue weighted by atomic mass is 16.2. The SMILES string of the molecule is Cc1ccccc1CC(=O)NC(C)c1nc2ccccc2n1CC(=O)N(Cc1ccccc1)C1CCCCC1. The zero-order valence-electron chi connectivity index (χ0n) is 23.0. The van der Waals surface area contributed by atoms with Crippen LogP contribution in [-0.2, 0) is 29.1 Å². The quantitative estimate of drug-likeness (QED) is 0.288. The van der Waals surface area contributed by atoms with E-state index in [0.717, 1.165) is 53.4 Å². The molecule has 202 valence electrons. The van der Waals surface area contributed by atoms with Gasteiger partial charge in [0.15, 0.2) is 0 Å². The van der Waals surface area contributed by atoms with E-state index < -0.39 is 0 Å². The summed E-state index contributed by atoms with van der Waals surface area (Å²) in [5, 5.41) is 3.13. The van der Waals surface area contributed by atoms with Crippen molar-refractivity contribution in [1.82, 2.24) is 19.8 Å². The van der Waals surface area contributed by atoms with Crippen LogP contribution in [0.3, 0.4) is 0 Å². The van der Waals surface area contributed by atoms with Gasteiger partial charge in [0.1, 0.15) is 12.4 Å². The molecule has 5 rings (SSSR count). The van der Waals surface area contributed by atoms with Crippen LogP contribution in [0.15, 0.2) is 78.9 Å². The van der Waals surface area contributed by atoms with Crippen molar-refractivity contribution < 1.29 is 9.59 Å². The van der Waals surface area contributed by atoms with Gasteiger partial charge in [-0.1, -0.05) is 86.0 Å². The zero-order valence-corrected chi connectivity index (χ0v) is 23.0. The molecule has 1 fully saturated rings. The molecule has 2 amide bonds. The van der Waals surface area contributed by atoms with Crippen molar-refractivity contribution in [2.45, 2.75) is 77.5 Å². The molecule has 1 saturated carbocycles. The Labute approximate surface area is 231 Å². The number of fused-ring (bicyclic) bond motifs is 1. The number of hydrogen-bond acceptors (Lipinski definition) is 3. The van der Waals surface area contributed by atoms with Gasteiger partial charge in [0.05, 0.1) is 23.5 Å². The summed E-state index contributed by atoms with van der Waals surface area (Å²) in [7, 11) is 0. The summed E-state index contributed by atoms with van der Waals surface area (Å²) >= 11 is 0. The molecule has 1 aliphatic carbocycles. The molecular formula is C33H38N4O2. The molecule has 4 aromatic rings. The standard InChI is InChI=1S/C33H38N4O2/c1-24-13-9-10-16-27(24)21-31(38)34-25(2)33-35-29-19-11-12-20-30(29)37(33)23-32(39)36(28-17-7-4-8-18-28)22-26-14-5-3-6-15-26/h3,5-6,9-16,19-20,25,28H,4,7-8,17-18,21-23H2,1-2H3,(H,34,38). The fourth-order valence-corrected chi connectivity index (χ4v) is 5.75. The van der Waals surface area contributed by atoms with Gasteiger partial charge >= 0.3 is 0 Å². The van der Waals surface area contributed by atoms with E-state index >= 15 is 0 Å². The van der Waals surface area contributed by atoms with Gasteiger partial charge in [-0.2, -0.15) is 0 Å². The summed E-state index contributed by atoms with van der Waals surface area (Å²) < 4.78 is 2.00. The van der Waals surface area contributed by atoms with E-state index in [2.05, 4.69) is 22.3 Å². The number of aryl methyl sites for hydroxylation is 1. The molecule has 1 unspecified atom stereocenters. The second-order valence-electron chi connectivity index (χ2n) is 10.7. The van der Waals surface area contributed by atoms with Gasteiger partial charge < -0.3 is 14.8 Å². The lowest BCUT2D eigenvalue weighted by atomic mass is 9.93. The van der Waals surface area contributed by atoms with Crippen LogP contribution in [0.25, 0.3) is 11.0 Å². The average molecular weight is 523 g/mol. The third-order valence-corrected chi connectivity index (χ3v) is 7.89. The lowest BCUT2D eigenvalue weighted by molar-refractivity contribution is -0.135. The second-order valence-corrected chi connectivity index (χ2v) is 10.7. The minimum Gasteiger partial charge on any atom is -0.346 e. The van der Waals surface area contributed by atoms with Crippen LogP contribution in [-0.4, -0.2) is 32.3 Å². The van der Waals surface area contributed by atoms with E-state index in [1.807, 2.05) is 85.1 Å². The maximum absolute atomic E-state index is 14.0. The van der Waals surface area contributed by atoms with Gasteiger partial charge in [-0.05, 0) is 55.5 Å². The lowest BCUT2D eigenvalue weighted by Gasteiger charge is -2.35. The van der Waals surface area contributed by atoms with Crippen LogP contribution in [0.2, 0.25) is 0 Å². The summed E-state index contributed by atoms with van der Waals surface area (Å²) in [6.07, 6.45) is 5.95. The molecule has 1 atom stereocenters. The number of nitrogens with zero attached hydrogens (tertiary/aromatic N) is 3. The summed E-state index contributed by atoms with van der Waals surface area (Å²) in [6, 6.07) is 26.0. The first kappa shape index (κ1) is 26.7. The van der Waals surface area contributed by atoms with Gasteiger partial charge in [-0.3, -0.25) is 9.59 Å².